The highest BCUT2D eigenvalue weighted by Crippen LogP contribution is 2.23. The van der Waals surface area contributed by atoms with E-state index in [9.17, 15) is 9.59 Å². The number of carbonyl (C=O) groups excluding carboxylic acids is 2. The fourth-order valence-corrected chi connectivity index (χ4v) is 2.60. The Morgan fingerprint density at radius 1 is 1.43 bits per heavy atom. The Labute approximate surface area is 142 Å². The van der Waals surface area contributed by atoms with Crippen LogP contribution in [-0.4, -0.2) is 31.5 Å². The van der Waals surface area contributed by atoms with Gasteiger partial charge in [-0.25, -0.2) is 0 Å². The molecule has 23 heavy (non-hydrogen) atoms. The first-order valence-electron chi connectivity index (χ1n) is 7.67. The molecule has 1 fully saturated rings. The van der Waals surface area contributed by atoms with Crippen LogP contribution in [0.2, 0.25) is 0 Å². The standard InChI is InChI=1S/C16H23N3O3.ClH/c1-2-22-12-4-5-14(13(9-12)16(17)21)19-15(20)6-3-11-7-8-18-10-11;/h4-5,9,11,18H,2-3,6-8,10H2,1H3,(H2,17,21)(H,19,20);1H. The van der Waals surface area contributed by atoms with Crippen LogP contribution >= 0.6 is 12.4 Å². The van der Waals surface area contributed by atoms with Crippen LogP contribution in [0.5, 0.6) is 5.75 Å². The highest BCUT2D eigenvalue weighted by molar-refractivity contribution is 6.03. The van der Waals surface area contributed by atoms with E-state index in [4.69, 9.17) is 10.5 Å². The predicted octanol–water partition coefficient (Wildman–Crippen LogP) is 1.93. The number of rotatable bonds is 7. The van der Waals surface area contributed by atoms with Crippen LogP contribution in [0, 0.1) is 5.92 Å². The number of hydrogen-bond acceptors (Lipinski definition) is 4. The van der Waals surface area contributed by atoms with Crippen LogP contribution in [-0.2, 0) is 4.79 Å². The number of benzene rings is 1. The van der Waals surface area contributed by atoms with Crippen molar-refractivity contribution < 1.29 is 14.3 Å². The molecule has 2 amide bonds. The van der Waals surface area contributed by atoms with Crippen LogP contribution < -0.4 is 21.1 Å². The van der Waals surface area contributed by atoms with Crippen molar-refractivity contribution in [2.24, 2.45) is 11.7 Å². The molecule has 1 aliphatic rings. The summed E-state index contributed by atoms with van der Waals surface area (Å²) in [5.41, 5.74) is 6.08. The van der Waals surface area contributed by atoms with Gasteiger partial charge in [-0.15, -0.1) is 12.4 Å². The summed E-state index contributed by atoms with van der Waals surface area (Å²) in [5.74, 6) is 0.434. The van der Waals surface area contributed by atoms with Crippen molar-refractivity contribution >= 4 is 29.9 Å². The zero-order valence-corrected chi connectivity index (χ0v) is 14.1. The molecule has 1 unspecified atom stereocenters. The molecule has 4 N–H and O–H groups in total. The molecule has 1 saturated heterocycles. The van der Waals surface area contributed by atoms with E-state index in [0.29, 0.717) is 30.4 Å². The molecule has 1 aromatic rings. The molecule has 2 rings (SSSR count). The lowest BCUT2D eigenvalue weighted by Gasteiger charge is -2.12. The van der Waals surface area contributed by atoms with Crippen LogP contribution in [0.1, 0.15) is 36.5 Å². The number of anilines is 1. The summed E-state index contributed by atoms with van der Waals surface area (Å²) in [4.78, 5) is 23.6. The van der Waals surface area contributed by atoms with Crippen LogP contribution in [0.15, 0.2) is 18.2 Å². The minimum atomic E-state index is -0.586. The summed E-state index contributed by atoms with van der Waals surface area (Å²) in [6.07, 6.45) is 2.41. The highest BCUT2D eigenvalue weighted by Gasteiger charge is 2.17. The SMILES string of the molecule is CCOc1ccc(NC(=O)CCC2CCNC2)c(C(N)=O)c1.Cl. The Morgan fingerprint density at radius 2 is 2.22 bits per heavy atom. The van der Waals surface area contributed by atoms with Gasteiger partial charge in [0.1, 0.15) is 5.75 Å². The zero-order valence-electron chi connectivity index (χ0n) is 13.3. The van der Waals surface area contributed by atoms with Gasteiger partial charge in [0.15, 0.2) is 0 Å². The molecule has 0 spiro atoms. The number of hydrogen-bond donors (Lipinski definition) is 3. The van der Waals surface area contributed by atoms with Crippen molar-refractivity contribution in [3.63, 3.8) is 0 Å². The maximum Gasteiger partial charge on any atom is 0.250 e. The van der Waals surface area contributed by atoms with Crippen molar-refractivity contribution in [3.05, 3.63) is 23.8 Å². The van der Waals surface area contributed by atoms with E-state index < -0.39 is 5.91 Å². The second-order valence-corrected chi connectivity index (χ2v) is 5.45. The topological polar surface area (TPSA) is 93.4 Å². The number of carbonyl (C=O) groups is 2. The fraction of sp³-hybridized carbons (Fsp3) is 0.500. The first kappa shape index (κ1) is 19.3. The number of amides is 2. The van der Waals surface area contributed by atoms with E-state index in [1.54, 1.807) is 18.2 Å². The third-order valence-corrected chi connectivity index (χ3v) is 3.78. The van der Waals surface area contributed by atoms with E-state index in [0.717, 1.165) is 25.9 Å². The lowest BCUT2D eigenvalue weighted by atomic mass is 10.0. The second kappa shape index (κ2) is 9.37. The van der Waals surface area contributed by atoms with Gasteiger partial charge in [-0.1, -0.05) is 0 Å². The minimum absolute atomic E-state index is 0. The largest absolute Gasteiger partial charge is 0.494 e. The van der Waals surface area contributed by atoms with Gasteiger partial charge in [0.2, 0.25) is 5.91 Å². The Balaban J connectivity index is 0.00000264. The van der Waals surface area contributed by atoms with Gasteiger partial charge in [-0.3, -0.25) is 9.59 Å². The molecule has 1 aromatic carbocycles. The number of primary amides is 1. The van der Waals surface area contributed by atoms with E-state index in [1.807, 2.05) is 6.92 Å². The first-order valence-corrected chi connectivity index (χ1v) is 7.67. The molecular weight excluding hydrogens is 318 g/mol. The third-order valence-electron chi connectivity index (χ3n) is 3.78. The minimum Gasteiger partial charge on any atom is -0.494 e. The van der Waals surface area contributed by atoms with E-state index >= 15 is 0 Å². The van der Waals surface area contributed by atoms with Gasteiger partial charge >= 0.3 is 0 Å². The normalized spacial score (nSPS) is 16.5. The van der Waals surface area contributed by atoms with Gasteiger partial charge in [-0.2, -0.15) is 0 Å². The molecule has 1 heterocycles. The Hall–Kier alpha value is -1.79. The quantitative estimate of drug-likeness (QED) is 0.706. The summed E-state index contributed by atoms with van der Waals surface area (Å²) < 4.78 is 5.34. The van der Waals surface area contributed by atoms with Gasteiger partial charge in [0, 0.05) is 6.42 Å². The molecule has 1 aliphatic heterocycles. The summed E-state index contributed by atoms with van der Waals surface area (Å²) >= 11 is 0. The molecule has 0 aromatic heterocycles. The Kier molecular flexibility index (Phi) is 7.85. The summed E-state index contributed by atoms with van der Waals surface area (Å²) in [6.45, 7) is 4.36. The molecule has 128 valence electrons. The summed E-state index contributed by atoms with van der Waals surface area (Å²) in [6, 6.07) is 4.93. The van der Waals surface area contributed by atoms with E-state index in [2.05, 4.69) is 10.6 Å². The van der Waals surface area contributed by atoms with Crippen molar-refractivity contribution in [1.29, 1.82) is 0 Å². The van der Waals surface area contributed by atoms with Gasteiger partial charge in [0.25, 0.3) is 5.91 Å². The van der Waals surface area contributed by atoms with Crippen LogP contribution in [0.4, 0.5) is 5.69 Å². The lowest BCUT2D eigenvalue weighted by molar-refractivity contribution is -0.116. The summed E-state index contributed by atoms with van der Waals surface area (Å²) in [5, 5.41) is 6.05. The maximum atomic E-state index is 12.0. The number of halogens is 1. The second-order valence-electron chi connectivity index (χ2n) is 5.45. The number of nitrogens with one attached hydrogen (secondary N) is 2. The molecular formula is C16H24ClN3O3. The molecule has 7 heteroatoms. The number of nitrogens with two attached hydrogens (primary N) is 1. The Bertz CT molecular complexity index is 545. The molecule has 6 nitrogen and oxygen atoms in total. The Morgan fingerprint density at radius 3 is 2.83 bits per heavy atom. The van der Waals surface area contributed by atoms with Crippen molar-refractivity contribution in [3.8, 4) is 5.75 Å². The fourth-order valence-electron chi connectivity index (χ4n) is 2.60. The zero-order chi connectivity index (χ0) is 15.9. The predicted molar refractivity (Wildman–Crippen MR) is 92.2 cm³/mol. The van der Waals surface area contributed by atoms with Crippen LogP contribution in [0.3, 0.4) is 0 Å². The number of ether oxygens (including phenoxy) is 1. The maximum absolute atomic E-state index is 12.0. The molecule has 0 radical (unpaired) electrons. The van der Waals surface area contributed by atoms with E-state index in [1.165, 1.54) is 0 Å². The molecule has 1 atom stereocenters. The molecule has 0 saturated carbocycles. The van der Waals surface area contributed by atoms with Crippen molar-refractivity contribution in [1.82, 2.24) is 5.32 Å². The highest BCUT2D eigenvalue weighted by atomic mass is 35.5. The first-order chi connectivity index (χ1) is 10.6. The van der Waals surface area contributed by atoms with E-state index in [-0.39, 0.29) is 23.9 Å². The average molecular weight is 342 g/mol. The summed E-state index contributed by atoms with van der Waals surface area (Å²) in [7, 11) is 0. The third kappa shape index (κ3) is 5.73. The van der Waals surface area contributed by atoms with Crippen molar-refractivity contribution in [2.45, 2.75) is 26.2 Å². The van der Waals surface area contributed by atoms with Crippen molar-refractivity contribution in [2.75, 3.05) is 25.0 Å². The molecule has 0 bridgehead atoms. The molecule has 0 aliphatic carbocycles. The average Bonchev–Trinajstić information content (AvgIpc) is 3.00. The smallest absolute Gasteiger partial charge is 0.250 e. The van der Waals surface area contributed by atoms with Gasteiger partial charge in [-0.05, 0) is 57.0 Å². The van der Waals surface area contributed by atoms with Gasteiger partial charge in [0.05, 0.1) is 17.9 Å². The monoisotopic (exact) mass is 341 g/mol. The van der Waals surface area contributed by atoms with Gasteiger partial charge < -0.3 is 21.1 Å². The van der Waals surface area contributed by atoms with Crippen LogP contribution in [0.25, 0.3) is 0 Å². The lowest BCUT2D eigenvalue weighted by Crippen LogP contribution is -2.19.